The molecule has 1 heterocycles. The van der Waals surface area contributed by atoms with Crippen LogP contribution in [0.1, 0.15) is 70.4 Å². The van der Waals surface area contributed by atoms with Crippen molar-refractivity contribution >= 4 is 11.6 Å². The van der Waals surface area contributed by atoms with Crippen LogP contribution in [-0.2, 0) is 16.1 Å². The van der Waals surface area contributed by atoms with Gasteiger partial charge in [0.1, 0.15) is 12.4 Å². The number of Topliss-reactive ketones (excluding diaryl/α,β-unsaturated/α-hetero) is 2. The number of terminal acetylenes is 1. The largest absolute Gasteiger partial charge is 0.481 e. The van der Waals surface area contributed by atoms with E-state index in [1.807, 2.05) is 42.5 Å². The van der Waals surface area contributed by atoms with Crippen molar-refractivity contribution in [3.05, 3.63) is 88.3 Å². The highest BCUT2D eigenvalue weighted by Gasteiger charge is 2.49. The fourth-order valence-corrected chi connectivity index (χ4v) is 6.29. The fraction of sp³-hybridized carbons (Fsp3) is 0.394. The first-order valence-corrected chi connectivity index (χ1v) is 13.1. The number of rotatable bonds is 5. The molecule has 37 heavy (non-hydrogen) atoms. The lowest BCUT2D eigenvalue weighted by Crippen LogP contribution is -2.44. The summed E-state index contributed by atoms with van der Waals surface area (Å²) >= 11 is 0. The lowest BCUT2D eigenvalue weighted by molar-refractivity contribution is -0.119. The van der Waals surface area contributed by atoms with Gasteiger partial charge in [0.2, 0.25) is 0 Å². The van der Waals surface area contributed by atoms with Crippen LogP contribution in [0.15, 0.2) is 77.1 Å². The molecule has 3 aliphatic rings. The number of ketones is 2. The summed E-state index contributed by atoms with van der Waals surface area (Å²) in [7, 11) is 0. The number of carbonyl (C=O) groups is 2. The Kier molecular flexibility index (Phi) is 6.36. The van der Waals surface area contributed by atoms with Crippen LogP contribution in [0.4, 0.5) is 0 Å². The highest BCUT2D eigenvalue weighted by Crippen LogP contribution is 2.55. The van der Waals surface area contributed by atoms with E-state index < -0.39 is 5.92 Å². The highest BCUT2D eigenvalue weighted by atomic mass is 16.5. The Hall–Kier alpha value is -3.58. The first-order chi connectivity index (χ1) is 17.6. The van der Waals surface area contributed by atoms with Crippen LogP contribution in [-0.4, -0.2) is 23.1 Å². The second-order valence-electron chi connectivity index (χ2n) is 12.1. The van der Waals surface area contributed by atoms with Crippen molar-refractivity contribution in [3.8, 4) is 18.1 Å². The molecule has 0 amide bonds. The fourth-order valence-electron chi connectivity index (χ4n) is 6.29. The molecule has 4 nitrogen and oxygen atoms in total. The Morgan fingerprint density at radius 3 is 1.95 bits per heavy atom. The molecule has 0 saturated heterocycles. The molecule has 0 atom stereocenters. The monoisotopic (exact) mass is 493 g/mol. The van der Waals surface area contributed by atoms with Gasteiger partial charge in [-0.25, -0.2) is 0 Å². The maximum Gasteiger partial charge on any atom is 0.162 e. The molecule has 0 unspecified atom stereocenters. The molecule has 190 valence electrons. The van der Waals surface area contributed by atoms with Crippen molar-refractivity contribution in [2.24, 2.45) is 10.8 Å². The van der Waals surface area contributed by atoms with Gasteiger partial charge in [-0.05, 0) is 35.3 Å². The zero-order chi connectivity index (χ0) is 26.4. The molecule has 0 N–H and O–H groups in total. The molecule has 5 rings (SSSR count). The third-order valence-electron chi connectivity index (χ3n) is 7.75. The minimum atomic E-state index is -0.446. The number of nitrogens with zero attached hydrogens (tertiary/aromatic N) is 1. The summed E-state index contributed by atoms with van der Waals surface area (Å²) in [5.74, 6) is 2.97. The van der Waals surface area contributed by atoms with Crippen molar-refractivity contribution in [2.75, 3.05) is 6.61 Å². The number of para-hydroxylation sites is 1. The minimum Gasteiger partial charge on any atom is -0.481 e. The maximum atomic E-state index is 14.0. The SMILES string of the molecule is C#CCOc1ccccc1C1C2=C(CC(C)(C)CC2=O)N(Cc2ccccc2)C2=C1C(=O)CC(C)(C)C2. The van der Waals surface area contributed by atoms with Crippen LogP contribution in [0, 0.1) is 23.2 Å². The number of carbonyl (C=O) groups excluding carboxylic acids is 2. The summed E-state index contributed by atoms with van der Waals surface area (Å²) in [4.78, 5) is 30.2. The van der Waals surface area contributed by atoms with Gasteiger partial charge in [-0.15, -0.1) is 6.42 Å². The summed E-state index contributed by atoms with van der Waals surface area (Å²) in [6, 6.07) is 18.0. The second kappa shape index (κ2) is 9.38. The van der Waals surface area contributed by atoms with E-state index in [4.69, 9.17) is 11.2 Å². The van der Waals surface area contributed by atoms with Crippen LogP contribution in [0.5, 0.6) is 5.75 Å². The standard InChI is InChI=1S/C33H35NO3/c1-6-16-37-28-15-11-10-14-23(28)29-30-24(17-32(2,3)19-26(30)35)34(21-22-12-8-7-9-13-22)25-18-33(4,5)20-27(36)31(25)29/h1,7-15,29H,16-21H2,2-5H3. The van der Waals surface area contributed by atoms with Gasteiger partial charge in [0.15, 0.2) is 11.6 Å². The van der Waals surface area contributed by atoms with E-state index in [9.17, 15) is 9.59 Å². The normalized spacial score (nSPS) is 20.9. The van der Waals surface area contributed by atoms with E-state index in [1.165, 1.54) is 0 Å². The van der Waals surface area contributed by atoms with Gasteiger partial charge in [-0.2, -0.15) is 0 Å². The number of hydrogen-bond acceptors (Lipinski definition) is 4. The van der Waals surface area contributed by atoms with E-state index >= 15 is 0 Å². The average Bonchev–Trinajstić information content (AvgIpc) is 2.83. The third-order valence-corrected chi connectivity index (χ3v) is 7.75. The summed E-state index contributed by atoms with van der Waals surface area (Å²) in [5, 5.41) is 0. The number of hydrogen-bond donors (Lipinski definition) is 0. The zero-order valence-electron chi connectivity index (χ0n) is 22.3. The molecule has 0 saturated carbocycles. The summed E-state index contributed by atoms with van der Waals surface area (Å²) in [6.07, 6.45) is 7.96. The predicted octanol–water partition coefficient (Wildman–Crippen LogP) is 6.58. The van der Waals surface area contributed by atoms with Gasteiger partial charge in [0, 0.05) is 53.4 Å². The molecule has 0 aromatic heterocycles. The van der Waals surface area contributed by atoms with Crippen LogP contribution < -0.4 is 4.74 Å². The van der Waals surface area contributed by atoms with Gasteiger partial charge in [0.25, 0.3) is 0 Å². The smallest absolute Gasteiger partial charge is 0.162 e. The van der Waals surface area contributed by atoms with Crippen LogP contribution in [0.3, 0.4) is 0 Å². The van der Waals surface area contributed by atoms with Gasteiger partial charge in [-0.3, -0.25) is 9.59 Å². The van der Waals surface area contributed by atoms with E-state index in [2.05, 4.69) is 50.6 Å². The third kappa shape index (κ3) is 4.76. The minimum absolute atomic E-state index is 0.116. The second-order valence-corrected chi connectivity index (χ2v) is 12.1. The summed E-state index contributed by atoms with van der Waals surface area (Å²) in [6.45, 7) is 9.40. The van der Waals surface area contributed by atoms with Crippen molar-refractivity contribution in [3.63, 3.8) is 0 Å². The Labute approximate surface area is 220 Å². The molecule has 2 aliphatic carbocycles. The zero-order valence-corrected chi connectivity index (χ0v) is 22.3. The predicted molar refractivity (Wildman–Crippen MR) is 146 cm³/mol. The van der Waals surface area contributed by atoms with E-state index in [-0.39, 0.29) is 29.0 Å². The molecule has 0 spiro atoms. The Morgan fingerprint density at radius 1 is 0.838 bits per heavy atom. The van der Waals surface area contributed by atoms with Gasteiger partial charge in [0.05, 0.1) is 0 Å². The van der Waals surface area contributed by atoms with Crippen molar-refractivity contribution in [1.82, 2.24) is 4.90 Å². The van der Waals surface area contributed by atoms with E-state index in [1.54, 1.807) is 0 Å². The number of ether oxygens (including phenoxy) is 1. The van der Waals surface area contributed by atoms with Gasteiger partial charge < -0.3 is 9.64 Å². The lowest BCUT2D eigenvalue weighted by Gasteiger charge is -2.49. The van der Waals surface area contributed by atoms with Crippen LogP contribution >= 0.6 is 0 Å². The Bertz CT molecular complexity index is 1300. The van der Waals surface area contributed by atoms with Crippen molar-refractivity contribution in [2.45, 2.75) is 65.8 Å². The molecule has 0 radical (unpaired) electrons. The Balaban J connectivity index is 1.77. The molecule has 2 aromatic carbocycles. The molecule has 2 aromatic rings. The molecule has 0 bridgehead atoms. The number of allylic oxidation sites excluding steroid dienone is 4. The van der Waals surface area contributed by atoms with Crippen LogP contribution in [0.25, 0.3) is 0 Å². The Morgan fingerprint density at radius 2 is 1.38 bits per heavy atom. The van der Waals surface area contributed by atoms with E-state index in [0.717, 1.165) is 46.5 Å². The molecular weight excluding hydrogens is 458 g/mol. The maximum absolute atomic E-state index is 14.0. The van der Waals surface area contributed by atoms with Crippen LogP contribution in [0.2, 0.25) is 0 Å². The first kappa shape index (κ1) is 25.1. The molecule has 4 heteroatoms. The lowest BCUT2D eigenvalue weighted by atomic mass is 9.63. The van der Waals surface area contributed by atoms with E-state index in [0.29, 0.717) is 25.1 Å². The molecule has 1 aliphatic heterocycles. The van der Waals surface area contributed by atoms with Crippen molar-refractivity contribution in [1.29, 1.82) is 0 Å². The topological polar surface area (TPSA) is 46.6 Å². The summed E-state index contributed by atoms with van der Waals surface area (Å²) < 4.78 is 5.96. The number of benzene rings is 2. The van der Waals surface area contributed by atoms with Crippen molar-refractivity contribution < 1.29 is 14.3 Å². The quantitative estimate of drug-likeness (QED) is 0.441. The summed E-state index contributed by atoms with van der Waals surface area (Å²) in [5.41, 5.74) is 5.26. The first-order valence-electron chi connectivity index (χ1n) is 13.1. The van der Waals surface area contributed by atoms with Gasteiger partial charge >= 0.3 is 0 Å². The average molecular weight is 494 g/mol. The molecule has 0 fully saturated rings. The van der Waals surface area contributed by atoms with Gasteiger partial charge in [-0.1, -0.05) is 82.1 Å². The molecular formula is C33H35NO3. The highest BCUT2D eigenvalue weighted by molar-refractivity contribution is 6.07.